The van der Waals surface area contributed by atoms with Gasteiger partial charge in [0.25, 0.3) is 0 Å². The van der Waals surface area contributed by atoms with Crippen molar-refractivity contribution in [2.75, 3.05) is 13.6 Å². The molecular weight excluding hydrogens is 448 g/mol. The first-order valence-electron chi connectivity index (χ1n) is 12.3. The van der Waals surface area contributed by atoms with Crippen molar-refractivity contribution in [1.29, 1.82) is 0 Å². The number of terminal acetylenes is 1. The average Bonchev–Trinajstić information content (AvgIpc) is 3.36. The van der Waals surface area contributed by atoms with E-state index in [1.165, 1.54) is 17.7 Å². The van der Waals surface area contributed by atoms with Crippen molar-refractivity contribution in [2.45, 2.75) is 58.5 Å². The Morgan fingerprint density at radius 1 is 1.14 bits per heavy atom. The van der Waals surface area contributed by atoms with Crippen LogP contribution in [0.4, 0.5) is 0 Å². The minimum absolute atomic E-state index is 0.0140. The number of aromatic nitrogens is 4. The third-order valence-electron chi connectivity index (χ3n) is 5.89. The molecule has 7 nitrogen and oxygen atoms in total. The lowest BCUT2D eigenvalue weighted by Gasteiger charge is -2.31. The fraction of sp³-hybridized carbons (Fsp3) is 0.379. The normalized spacial score (nSPS) is 14.2. The van der Waals surface area contributed by atoms with Crippen LogP contribution in [0.25, 0.3) is 0 Å². The summed E-state index contributed by atoms with van der Waals surface area (Å²) in [5.41, 5.74) is 4.34. The van der Waals surface area contributed by atoms with Gasteiger partial charge in [0.05, 0.1) is 24.7 Å². The molecule has 1 amide bonds. The molecular formula is C29H38N6O. The van der Waals surface area contributed by atoms with Crippen molar-refractivity contribution < 1.29 is 4.79 Å². The molecule has 0 aliphatic heterocycles. The van der Waals surface area contributed by atoms with Crippen LogP contribution in [0.15, 0.2) is 61.1 Å². The highest BCUT2D eigenvalue weighted by Gasteiger charge is 2.25. The SMILES string of the molecule is C#C.C/C=C\C.CN(Cc1ncc(CC(=O)NCCc2ccccn2)[nH]1)C1CCCc2cccnc21. The fourth-order valence-electron chi connectivity index (χ4n) is 4.05. The van der Waals surface area contributed by atoms with Crippen molar-refractivity contribution >= 4 is 5.91 Å². The Morgan fingerprint density at radius 2 is 1.92 bits per heavy atom. The van der Waals surface area contributed by atoms with Gasteiger partial charge in [0.15, 0.2) is 0 Å². The summed E-state index contributed by atoms with van der Waals surface area (Å²) in [5, 5.41) is 2.95. The Hall–Kier alpha value is -3.76. The lowest BCUT2D eigenvalue weighted by Crippen LogP contribution is -2.29. The van der Waals surface area contributed by atoms with Gasteiger partial charge in [0, 0.05) is 42.9 Å². The summed E-state index contributed by atoms with van der Waals surface area (Å²) in [5.74, 6) is 0.858. The van der Waals surface area contributed by atoms with E-state index >= 15 is 0 Å². The van der Waals surface area contributed by atoms with Gasteiger partial charge in [-0.3, -0.25) is 19.7 Å². The fourth-order valence-corrected chi connectivity index (χ4v) is 4.05. The molecule has 0 saturated carbocycles. The topological polar surface area (TPSA) is 86.8 Å². The lowest BCUT2D eigenvalue weighted by atomic mass is 9.91. The molecule has 0 spiro atoms. The molecule has 0 bridgehead atoms. The van der Waals surface area contributed by atoms with Crippen LogP contribution >= 0.6 is 0 Å². The second-order valence-electron chi connectivity index (χ2n) is 8.49. The molecule has 4 rings (SSSR count). The molecule has 3 heterocycles. The molecule has 2 N–H and O–H groups in total. The van der Waals surface area contributed by atoms with Crippen LogP contribution in [-0.4, -0.2) is 44.3 Å². The van der Waals surface area contributed by atoms with Crippen molar-refractivity contribution in [3.05, 3.63) is 89.5 Å². The van der Waals surface area contributed by atoms with Crippen molar-refractivity contribution in [2.24, 2.45) is 0 Å². The maximum atomic E-state index is 12.2. The van der Waals surface area contributed by atoms with Gasteiger partial charge >= 0.3 is 0 Å². The number of hydrogen-bond donors (Lipinski definition) is 2. The molecule has 7 heteroatoms. The third kappa shape index (κ3) is 9.12. The first-order chi connectivity index (χ1) is 17.6. The van der Waals surface area contributed by atoms with Crippen LogP contribution < -0.4 is 5.32 Å². The van der Waals surface area contributed by atoms with E-state index in [2.05, 4.69) is 56.1 Å². The van der Waals surface area contributed by atoms with E-state index in [0.717, 1.165) is 36.5 Å². The van der Waals surface area contributed by atoms with Gasteiger partial charge in [-0.15, -0.1) is 12.8 Å². The molecule has 1 atom stereocenters. The molecule has 0 saturated heterocycles. The van der Waals surface area contributed by atoms with Crippen LogP contribution in [0.2, 0.25) is 0 Å². The molecule has 0 aromatic carbocycles. The highest BCUT2D eigenvalue weighted by Crippen LogP contribution is 2.32. The number of pyridine rings is 2. The smallest absolute Gasteiger partial charge is 0.226 e. The second-order valence-corrected chi connectivity index (χ2v) is 8.49. The number of imidazole rings is 1. The monoisotopic (exact) mass is 486 g/mol. The number of fused-ring (bicyclic) bond motifs is 1. The summed E-state index contributed by atoms with van der Waals surface area (Å²) in [6.07, 6.45) is 21.8. The van der Waals surface area contributed by atoms with E-state index < -0.39 is 0 Å². The number of nitrogens with zero attached hydrogens (tertiary/aromatic N) is 4. The summed E-state index contributed by atoms with van der Waals surface area (Å²) in [6, 6.07) is 10.3. The highest BCUT2D eigenvalue weighted by molar-refractivity contribution is 5.78. The van der Waals surface area contributed by atoms with Crippen molar-refractivity contribution in [3.63, 3.8) is 0 Å². The zero-order valence-electron chi connectivity index (χ0n) is 21.7. The van der Waals surface area contributed by atoms with Gasteiger partial charge < -0.3 is 10.3 Å². The summed E-state index contributed by atoms with van der Waals surface area (Å²) in [6.45, 7) is 5.27. The van der Waals surface area contributed by atoms with Gasteiger partial charge in [-0.05, 0) is 63.9 Å². The summed E-state index contributed by atoms with van der Waals surface area (Å²) >= 11 is 0. The molecule has 1 aliphatic carbocycles. The molecule has 0 radical (unpaired) electrons. The van der Waals surface area contributed by atoms with E-state index in [1.54, 1.807) is 12.4 Å². The quantitative estimate of drug-likeness (QED) is 0.363. The number of aromatic amines is 1. The molecule has 36 heavy (non-hydrogen) atoms. The van der Waals surface area contributed by atoms with Gasteiger partial charge in [-0.1, -0.05) is 24.3 Å². The van der Waals surface area contributed by atoms with Gasteiger partial charge in [0.1, 0.15) is 5.82 Å². The molecule has 1 aliphatic rings. The zero-order chi connectivity index (χ0) is 26.2. The predicted molar refractivity (Wildman–Crippen MR) is 145 cm³/mol. The van der Waals surface area contributed by atoms with Crippen LogP contribution in [-0.2, 0) is 30.6 Å². The largest absolute Gasteiger partial charge is 0.355 e. The van der Waals surface area contributed by atoms with E-state index in [4.69, 9.17) is 0 Å². The number of amides is 1. The molecule has 1 unspecified atom stereocenters. The summed E-state index contributed by atoms with van der Waals surface area (Å²) in [4.78, 5) is 31.2. The van der Waals surface area contributed by atoms with Gasteiger partial charge in [0.2, 0.25) is 5.91 Å². The third-order valence-corrected chi connectivity index (χ3v) is 5.89. The zero-order valence-corrected chi connectivity index (χ0v) is 21.7. The minimum atomic E-state index is -0.0140. The standard InChI is InChI=1S/C23H28N6O.C4H8.C2H2/c1-29(20-9-4-6-17-7-5-12-26-23(17)20)16-21-27-15-19(28-21)14-22(30)25-13-10-18-8-2-3-11-24-18;1-3-4-2;1-2/h2-3,5,7-8,11-12,15,20H,4,6,9-10,13-14,16H2,1H3,(H,25,30)(H,27,28);3-4H,1-2H3;1-2H/b;4-3-;. The van der Waals surface area contributed by atoms with E-state index in [-0.39, 0.29) is 5.91 Å². The number of hydrogen-bond acceptors (Lipinski definition) is 5. The Bertz CT molecular complexity index is 1090. The number of aryl methyl sites for hydroxylation is 1. The Kier molecular flexibility index (Phi) is 12.7. The molecule has 190 valence electrons. The number of rotatable bonds is 8. The summed E-state index contributed by atoms with van der Waals surface area (Å²) in [7, 11) is 2.11. The van der Waals surface area contributed by atoms with E-state index in [1.807, 2.05) is 56.5 Å². The molecule has 0 fully saturated rings. The maximum absolute atomic E-state index is 12.2. The Balaban J connectivity index is 0.000000694. The predicted octanol–water partition coefficient (Wildman–Crippen LogP) is 4.44. The van der Waals surface area contributed by atoms with Crippen LogP contribution in [0.1, 0.15) is 61.2 Å². The summed E-state index contributed by atoms with van der Waals surface area (Å²) < 4.78 is 0. The Labute approximate surface area is 215 Å². The highest BCUT2D eigenvalue weighted by atomic mass is 16.1. The number of H-pyrrole nitrogens is 1. The van der Waals surface area contributed by atoms with E-state index in [0.29, 0.717) is 25.6 Å². The van der Waals surface area contributed by atoms with E-state index in [9.17, 15) is 4.79 Å². The molecule has 3 aromatic rings. The van der Waals surface area contributed by atoms with Crippen LogP contribution in [0.5, 0.6) is 0 Å². The van der Waals surface area contributed by atoms with Crippen LogP contribution in [0.3, 0.4) is 0 Å². The van der Waals surface area contributed by atoms with Gasteiger partial charge in [-0.2, -0.15) is 0 Å². The number of allylic oxidation sites excluding steroid dienone is 2. The number of carbonyl (C=O) groups is 1. The van der Waals surface area contributed by atoms with Crippen LogP contribution in [0, 0.1) is 12.8 Å². The average molecular weight is 487 g/mol. The minimum Gasteiger partial charge on any atom is -0.355 e. The number of nitrogens with one attached hydrogen (secondary N) is 2. The molecule has 3 aromatic heterocycles. The Morgan fingerprint density at radius 3 is 2.64 bits per heavy atom. The maximum Gasteiger partial charge on any atom is 0.226 e. The van der Waals surface area contributed by atoms with Gasteiger partial charge in [-0.25, -0.2) is 4.98 Å². The number of carbonyl (C=O) groups excluding carboxylic acids is 1. The second kappa shape index (κ2) is 16.0. The first-order valence-corrected chi connectivity index (χ1v) is 12.3. The lowest BCUT2D eigenvalue weighted by molar-refractivity contribution is -0.120. The van der Waals surface area contributed by atoms with Crippen molar-refractivity contribution in [3.8, 4) is 12.8 Å². The first kappa shape index (κ1) is 28.5. The van der Waals surface area contributed by atoms with Crippen molar-refractivity contribution in [1.82, 2.24) is 30.2 Å².